The third-order valence-electron chi connectivity index (χ3n) is 4.56. The summed E-state index contributed by atoms with van der Waals surface area (Å²) in [5.41, 5.74) is 5.77. The minimum absolute atomic E-state index is 0.0324. The van der Waals surface area contributed by atoms with Gasteiger partial charge in [0.25, 0.3) is 5.91 Å². The van der Waals surface area contributed by atoms with Gasteiger partial charge in [-0.05, 0) is 59.1 Å². The standard InChI is InChI=1S/C18H26N4O2/c1-9(8-15-11(3)21-22(7)13(15)5)19-18(24)17-10(2)16(14(6)23)12(4)20-17/h9,20H,8H2,1-7H3,(H,19,24)/t9-/m0/s1. The minimum atomic E-state index is -0.185. The third kappa shape index (κ3) is 3.27. The van der Waals surface area contributed by atoms with Gasteiger partial charge in [-0.25, -0.2) is 0 Å². The molecule has 1 amide bonds. The van der Waals surface area contributed by atoms with E-state index in [1.54, 1.807) is 6.92 Å². The van der Waals surface area contributed by atoms with Crippen LogP contribution in [0.25, 0.3) is 0 Å². The van der Waals surface area contributed by atoms with Gasteiger partial charge in [0, 0.05) is 30.0 Å². The number of Topliss-reactive ketones (excluding diaryl/α,β-unsaturated/α-hetero) is 1. The fourth-order valence-corrected chi connectivity index (χ4v) is 3.27. The van der Waals surface area contributed by atoms with Crippen LogP contribution in [0.4, 0.5) is 0 Å². The van der Waals surface area contributed by atoms with Crippen molar-refractivity contribution in [1.82, 2.24) is 20.1 Å². The van der Waals surface area contributed by atoms with Crippen LogP contribution in [0.15, 0.2) is 0 Å². The molecule has 0 saturated carbocycles. The fourth-order valence-electron chi connectivity index (χ4n) is 3.27. The van der Waals surface area contributed by atoms with Crippen LogP contribution in [0.5, 0.6) is 0 Å². The largest absolute Gasteiger partial charge is 0.354 e. The molecule has 2 heterocycles. The van der Waals surface area contributed by atoms with E-state index in [0.29, 0.717) is 16.8 Å². The Morgan fingerprint density at radius 1 is 1.25 bits per heavy atom. The number of nitrogens with zero attached hydrogens (tertiary/aromatic N) is 2. The molecular formula is C18H26N4O2. The molecule has 0 bridgehead atoms. The predicted molar refractivity (Wildman–Crippen MR) is 93.6 cm³/mol. The van der Waals surface area contributed by atoms with Gasteiger partial charge in [-0.2, -0.15) is 5.10 Å². The highest BCUT2D eigenvalue weighted by Crippen LogP contribution is 2.19. The summed E-state index contributed by atoms with van der Waals surface area (Å²) in [6.07, 6.45) is 0.718. The van der Waals surface area contributed by atoms with Crippen LogP contribution in [0, 0.1) is 27.7 Å². The third-order valence-corrected chi connectivity index (χ3v) is 4.56. The molecule has 2 aromatic rings. The number of H-pyrrole nitrogens is 1. The van der Waals surface area contributed by atoms with E-state index < -0.39 is 0 Å². The number of ketones is 1. The van der Waals surface area contributed by atoms with Crippen molar-refractivity contribution in [1.29, 1.82) is 0 Å². The first kappa shape index (κ1) is 18.0. The second-order valence-corrected chi connectivity index (χ2v) is 6.53. The Morgan fingerprint density at radius 3 is 2.33 bits per heavy atom. The highest BCUT2D eigenvalue weighted by Gasteiger charge is 2.21. The van der Waals surface area contributed by atoms with E-state index in [1.165, 1.54) is 6.92 Å². The van der Waals surface area contributed by atoms with Gasteiger partial charge in [0.1, 0.15) is 5.69 Å². The summed E-state index contributed by atoms with van der Waals surface area (Å²) in [4.78, 5) is 27.3. The average Bonchev–Trinajstić information content (AvgIpc) is 2.89. The molecule has 0 aliphatic heterocycles. The van der Waals surface area contributed by atoms with Gasteiger partial charge in [0.2, 0.25) is 0 Å². The van der Waals surface area contributed by atoms with E-state index >= 15 is 0 Å². The first-order valence-corrected chi connectivity index (χ1v) is 8.13. The lowest BCUT2D eigenvalue weighted by Gasteiger charge is -2.14. The summed E-state index contributed by atoms with van der Waals surface area (Å²) in [6.45, 7) is 11.1. The molecule has 0 spiro atoms. The van der Waals surface area contributed by atoms with Crippen LogP contribution in [0.1, 0.15) is 62.9 Å². The van der Waals surface area contributed by atoms with Gasteiger partial charge in [0.15, 0.2) is 5.78 Å². The highest BCUT2D eigenvalue weighted by atomic mass is 16.2. The number of hydrogen-bond donors (Lipinski definition) is 2. The molecule has 1 atom stereocenters. The van der Waals surface area contributed by atoms with Crippen LogP contribution >= 0.6 is 0 Å². The summed E-state index contributed by atoms with van der Waals surface area (Å²) < 4.78 is 1.86. The maximum absolute atomic E-state index is 12.6. The first-order valence-electron chi connectivity index (χ1n) is 8.13. The summed E-state index contributed by atoms with van der Waals surface area (Å²) >= 11 is 0. The Hall–Kier alpha value is -2.37. The summed E-state index contributed by atoms with van der Waals surface area (Å²) in [5.74, 6) is -0.218. The highest BCUT2D eigenvalue weighted by molar-refractivity contribution is 6.02. The summed E-state index contributed by atoms with van der Waals surface area (Å²) in [5, 5.41) is 7.42. The average molecular weight is 330 g/mol. The maximum atomic E-state index is 12.6. The van der Waals surface area contributed by atoms with Crippen molar-refractivity contribution >= 4 is 11.7 Å². The van der Waals surface area contributed by atoms with E-state index in [-0.39, 0.29) is 17.7 Å². The molecule has 0 radical (unpaired) electrons. The van der Waals surface area contributed by atoms with E-state index in [1.807, 2.05) is 39.4 Å². The Morgan fingerprint density at radius 2 is 1.88 bits per heavy atom. The Balaban J connectivity index is 2.15. The summed E-state index contributed by atoms with van der Waals surface area (Å²) in [7, 11) is 1.92. The van der Waals surface area contributed by atoms with E-state index in [4.69, 9.17) is 0 Å². The van der Waals surface area contributed by atoms with Crippen molar-refractivity contribution in [2.24, 2.45) is 7.05 Å². The zero-order valence-corrected chi connectivity index (χ0v) is 15.5. The molecule has 130 valence electrons. The van der Waals surface area contributed by atoms with E-state index in [2.05, 4.69) is 15.4 Å². The van der Waals surface area contributed by atoms with Gasteiger partial charge in [-0.15, -0.1) is 0 Å². The van der Waals surface area contributed by atoms with Crippen LogP contribution in [0.3, 0.4) is 0 Å². The number of hydrogen-bond acceptors (Lipinski definition) is 3. The number of aromatic nitrogens is 3. The van der Waals surface area contributed by atoms with Crippen molar-refractivity contribution in [3.63, 3.8) is 0 Å². The van der Waals surface area contributed by atoms with E-state index in [9.17, 15) is 9.59 Å². The number of carbonyl (C=O) groups excluding carboxylic acids is 2. The second kappa shape index (κ2) is 6.63. The lowest BCUT2D eigenvalue weighted by molar-refractivity contribution is 0.0934. The molecule has 6 nitrogen and oxygen atoms in total. The lowest BCUT2D eigenvalue weighted by atomic mass is 10.0. The zero-order chi connectivity index (χ0) is 18.2. The van der Waals surface area contributed by atoms with E-state index in [0.717, 1.165) is 29.1 Å². The van der Waals surface area contributed by atoms with Crippen LogP contribution in [-0.2, 0) is 13.5 Å². The van der Waals surface area contributed by atoms with Crippen LogP contribution in [0.2, 0.25) is 0 Å². The smallest absolute Gasteiger partial charge is 0.268 e. The molecule has 2 aromatic heterocycles. The molecule has 0 aliphatic rings. The fraction of sp³-hybridized carbons (Fsp3) is 0.500. The second-order valence-electron chi connectivity index (χ2n) is 6.53. The maximum Gasteiger partial charge on any atom is 0.268 e. The Bertz CT molecular complexity index is 799. The molecule has 0 unspecified atom stereocenters. The van der Waals surface area contributed by atoms with Crippen molar-refractivity contribution in [3.8, 4) is 0 Å². The molecule has 0 fully saturated rings. The molecular weight excluding hydrogens is 304 g/mol. The van der Waals surface area contributed by atoms with Gasteiger partial charge < -0.3 is 10.3 Å². The quantitative estimate of drug-likeness (QED) is 0.827. The lowest BCUT2D eigenvalue weighted by Crippen LogP contribution is -2.35. The van der Waals surface area contributed by atoms with Gasteiger partial charge in [-0.3, -0.25) is 14.3 Å². The topological polar surface area (TPSA) is 79.8 Å². The number of amides is 1. The van der Waals surface area contributed by atoms with Gasteiger partial charge >= 0.3 is 0 Å². The summed E-state index contributed by atoms with van der Waals surface area (Å²) in [6, 6.07) is -0.0390. The number of aryl methyl sites for hydroxylation is 3. The van der Waals surface area contributed by atoms with Crippen LogP contribution in [-0.4, -0.2) is 32.5 Å². The van der Waals surface area contributed by atoms with Crippen molar-refractivity contribution < 1.29 is 9.59 Å². The molecule has 0 aliphatic carbocycles. The molecule has 24 heavy (non-hydrogen) atoms. The predicted octanol–water partition coefficient (Wildman–Crippen LogP) is 2.55. The van der Waals surface area contributed by atoms with Crippen LogP contribution < -0.4 is 5.32 Å². The van der Waals surface area contributed by atoms with Gasteiger partial charge in [-0.1, -0.05) is 0 Å². The van der Waals surface area contributed by atoms with Crippen molar-refractivity contribution in [2.45, 2.75) is 54.0 Å². The molecule has 2 N–H and O–H groups in total. The SMILES string of the molecule is CC(=O)c1c(C)[nH]c(C(=O)N[C@@H](C)Cc2c(C)nn(C)c2C)c1C. The number of carbonyl (C=O) groups is 2. The Kier molecular flexibility index (Phi) is 4.96. The molecule has 6 heteroatoms. The zero-order valence-electron chi connectivity index (χ0n) is 15.5. The Labute approximate surface area is 142 Å². The number of aromatic amines is 1. The molecule has 2 rings (SSSR count). The van der Waals surface area contributed by atoms with Crippen molar-refractivity contribution in [3.05, 3.63) is 39.5 Å². The normalized spacial score (nSPS) is 12.3. The molecule has 0 aromatic carbocycles. The first-order chi connectivity index (χ1) is 11.1. The monoisotopic (exact) mass is 330 g/mol. The van der Waals surface area contributed by atoms with Crippen molar-refractivity contribution in [2.75, 3.05) is 0 Å². The van der Waals surface area contributed by atoms with Gasteiger partial charge in [0.05, 0.1) is 5.69 Å². The number of rotatable bonds is 5. The minimum Gasteiger partial charge on any atom is -0.354 e. The molecule has 0 saturated heterocycles. The number of nitrogens with one attached hydrogen (secondary N) is 2.